The molecule has 0 N–H and O–H groups in total. The summed E-state index contributed by atoms with van der Waals surface area (Å²) in [5, 5.41) is 4.22. The number of para-hydroxylation sites is 2. The van der Waals surface area contributed by atoms with Crippen LogP contribution in [0.5, 0.6) is 0 Å². The van der Waals surface area contributed by atoms with Crippen LogP contribution in [0.1, 0.15) is 10.4 Å². The number of hydrogen-bond acceptors (Lipinski definition) is 4. The quantitative estimate of drug-likeness (QED) is 0.385. The van der Waals surface area contributed by atoms with Crippen LogP contribution < -0.4 is 10.1 Å². The SMILES string of the molecule is C[n+]1c2ccccc2n2nc([S-])n(C(=O)c3ccccc3)c(=O)c21. The second kappa shape index (κ2) is 5.24. The first-order chi connectivity index (χ1) is 11.6. The lowest BCUT2D eigenvalue weighted by atomic mass is 10.2. The molecule has 0 saturated carbocycles. The molecule has 0 spiro atoms. The van der Waals surface area contributed by atoms with E-state index in [-0.39, 0.29) is 10.8 Å². The van der Waals surface area contributed by atoms with E-state index in [4.69, 9.17) is 12.6 Å². The van der Waals surface area contributed by atoms with Gasteiger partial charge in [0.25, 0.3) is 5.91 Å². The van der Waals surface area contributed by atoms with Crippen LogP contribution in [0.2, 0.25) is 0 Å². The summed E-state index contributed by atoms with van der Waals surface area (Å²) in [6, 6.07) is 16.0. The minimum Gasteiger partial charge on any atom is -0.738 e. The van der Waals surface area contributed by atoms with Crippen molar-refractivity contribution in [3.05, 3.63) is 70.5 Å². The van der Waals surface area contributed by atoms with E-state index in [1.165, 1.54) is 4.52 Å². The molecule has 7 heteroatoms. The number of imidazole rings is 1. The van der Waals surface area contributed by atoms with E-state index in [1.807, 2.05) is 24.3 Å². The number of carbonyl (C=O) groups is 1. The van der Waals surface area contributed by atoms with Crippen molar-refractivity contribution in [3.8, 4) is 0 Å². The van der Waals surface area contributed by atoms with Crippen molar-refractivity contribution in [2.24, 2.45) is 7.05 Å². The van der Waals surface area contributed by atoms with Crippen LogP contribution in [-0.2, 0) is 19.7 Å². The van der Waals surface area contributed by atoms with E-state index in [2.05, 4.69) is 5.10 Å². The Balaban J connectivity index is 2.09. The maximum absolute atomic E-state index is 12.9. The second-order valence-electron chi connectivity index (χ2n) is 5.38. The minimum atomic E-state index is -0.484. The molecule has 2 aromatic carbocycles. The molecule has 118 valence electrons. The van der Waals surface area contributed by atoms with Crippen LogP contribution in [0.15, 0.2) is 64.5 Å². The van der Waals surface area contributed by atoms with Gasteiger partial charge in [-0.15, -0.1) is 0 Å². The van der Waals surface area contributed by atoms with Gasteiger partial charge in [0, 0.05) is 10.7 Å². The molecule has 0 fully saturated rings. The molecule has 0 amide bonds. The summed E-state index contributed by atoms with van der Waals surface area (Å²) in [6.07, 6.45) is 0. The van der Waals surface area contributed by atoms with Gasteiger partial charge < -0.3 is 12.6 Å². The predicted octanol–water partition coefficient (Wildman–Crippen LogP) is 1.07. The number of aromatic nitrogens is 4. The van der Waals surface area contributed by atoms with Crippen molar-refractivity contribution >= 4 is 35.2 Å². The van der Waals surface area contributed by atoms with Crippen molar-refractivity contribution < 1.29 is 9.36 Å². The molecule has 0 aliphatic rings. The number of aryl methyl sites for hydroxylation is 1. The third-order valence-electron chi connectivity index (χ3n) is 3.98. The standard InChI is InChI=1S/C17H12N4O2S/c1-19-12-9-5-6-10-13(12)21-14(19)16(23)20(17(24)18-21)15(22)11-7-3-2-4-8-11/h2-10H,1H3. The summed E-state index contributed by atoms with van der Waals surface area (Å²) in [4.78, 5) is 25.6. The molecule has 0 aliphatic heterocycles. The zero-order chi connectivity index (χ0) is 16.8. The van der Waals surface area contributed by atoms with Crippen molar-refractivity contribution in [2.45, 2.75) is 5.16 Å². The minimum absolute atomic E-state index is 0.0669. The Kier molecular flexibility index (Phi) is 3.17. The largest absolute Gasteiger partial charge is 0.738 e. The molecular formula is C17H12N4O2S. The van der Waals surface area contributed by atoms with Gasteiger partial charge in [-0.2, -0.15) is 0 Å². The molecule has 24 heavy (non-hydrogen) atoms. The molecule has 0 aliphatic carbocycles. The van der Waals surface area contributed by atoms with Crippen LogP contribution in [0.4, 0.5) is 0 Å². The Hall–Kier alpha value is -3.06. The Morgan fingerprint density at radius 2 is 1.75 bits per heavy atom. The summed E-state index contributed by atoms with van der Waals surface area (Å²) >= 11 is 5.22. The summed E-state index contributed by atoms with van der Waals surface area (Å²) in [5.74, 6) is -0.481. The molecular weight excluding hydrogens is 324 g/mol. The van der Waals surface area contributed by atoms with Crippen molar-refractivity contribution in [1.82, 2.24) is 14.2 Å². The van der Waals surface area contributed by atoms with E-state index in [9.17, 15) is 9.59 Å². The zero-order valence-corrected chi connectivity index (χ0v) is 13.5. The predicted molar refractivity (Wildman–Crippen MR) is 89.9 cm³/mol. The van der Waals surface area contributed by atoms with Gasteiger partial charge in [-0.05, 0) is 24.3 Å². The first-order valence-electron chi connectivity index (χ1n) is 7.29. The maximum Gasteiger partial charge on any atom is 0.375 e. The van der Waals surface area contributed by atoms with Crippen molar-refractivity contribution in [1.29, 1.82) is 0 Å². The molecule has 2 aromatic heterocycles. The Bertz CT molecular complexity index is 1160. The number of nitrogens with zero attached hydrogens (tertiary/aromatic N) is 4. The van der Waals surface area contributed by atoms with Gasteiger partial charge >= 0.3 is 11.2 Å². The van der Waals surface area contributed by atoms with Gasteiger partial charge in [-0.1, -0.05) is 39.9 Å². The molecule has 0 bridgehead atoms. The van der Waals surface area contributed by atoms with Gasteiger partial charge in [-0.25, -0.2) is 9.13 Å². The number of rotatable bonds is 1. The van der Waals surface area contributed by atoms with Crippen LogP contribution in [-0.4, -0.2) is 20.1 Å². The van der Waals surface area contributed by atoms with Gasteiger partial charge in [-0.3, -0.25) is 9.59 Å². The van der Waals surface area contributed by atoms with Crippen LogP contribution in [0, 0.1) is 0 Å². The first kappa shape index (κ1) is 14.5. The fraction of sp³-hybridized carbons (Fsp3) is 0.0588. The van der Waals surface area contributed by atoms with Crippen LogP contribution in [0.3, 0.4) is 0 Å². The topological polar surface area (TPSA) is 60.2 Å². The lowest BCUT2D eigenvalue weighted by Crippen LogP contribution is -2.39. The summed E-state index contributed by atoms with van der Waals surface area (Å²) in [5.41, 5.74) is 1.78. The first-order valence-corrected chi connectivity index (χ1v) is 7.69. The van der Waals surface area contributed by atoms with Crippen LogP contribution in [0.25, 0.3) is 16.7 Å². The van der Waals surface area contributed by atoms with E-state index >= 15 is 0 Å². The molecule has 6 nitrogen and oxygen atoms in total. The normalized spacial score (nSPS) is 11.2. The highest BCUT2D eigenvalue weighted by molar-refractivity contribution is 7.58. The van der Waals surface area contributed by atoms with Crippen molar-refractivity contribution in [2.75, 3.05) is 0 Å². The maximum atomic E-state index is 12.9. The van der Waals surface area contributed by atoms with Gasteiger partial charge in [0.05, 0.1) is 7.05 Å². The Morgan fingerprint density at radius 3 is 2.50 bits per heavy atom. The van der Waals surface area contributed by atoms with E-state index in [0.717, 1.165) is 15.6 Å². The Morgan fingerprint density at radius 1 is 1.08 bits per heavy atom. The molecule has 0 radical (unpaired) electrons. The van der Waals surface area contributed by atoms with Gasteiger partial charge in [0.2, 0.25) is 5.52 Å². The van der Waals surface area contributed by atoms with Gasteiger partial charge in [0.1, 0.15) is 0 Å². The average molecular weight is 336 g/mol. The lowest BCUT2D eigenvalue weighted by Gasteiger charge is -2.11. The fourth-order valence-electron chi connectivity index (χ4n) is 2.84. The number of carbonyl (C=O) groups excluding carboxylic acids is 1. The summed E-state index contributed by atoms with van der Waals surface area (Å²) < 4.78 is 4.15. The Labute approximate surface area is 142 Å². The fourth-order valence-corrected chi connectivity index (χ4v) is 3.09. The number of fused-ring (bicyclic) bond motifs is 3. The smallest absolute Gasteiger partial charge is 0.375 e. The third-order valence-corrected chi connectivity index (χ3v) is 4.25. The van der Waals surface area contributed by atoms with E-state index < -0.39 is 11.5 Å². The highest BCUT2D eigenvalue weighted by atomic mass is 32.1. The average Bonchev–Trinajstić information content (AvgIpc) is 2.88. The monoisotopic (exact) mass is 336 g/mol. The molecule has 2 heterocycles. The third kappa shape index (κ3) is 1.95. The molecule has 4 rings (SSSR count). The number of benzene rings is 2. The molecule has 0 atom stereocenters. The summed E-state index contributed by atoms with van der Waals surface area (Å²) in [7, 11) is 1.77. The van der Waals surface area contributed by atoms with Crippen LogP contribution >= 0.6 is 0 Å². The molecule has 0 saturated heterocycles. The lowest BCUT2D eigenvalue weighted by molar-refractivity contribution is -0.619. The summed E-state index contributed by atoms with van der Waals surface area (Å²) in [6.45, 7) is 0. The highest BCUT2D eigenvalue weighted by Crippen LogP contribution is 2.12. The molecule has 0 unspecified atom stereocenters. The second-order valence-corrected chi connectivity index (χ2v) is 5.74. The van der Waals surface area contributed by atoms with Gasteiger partial charge in [0.15, 0.2) is 5.52 Å². The van der Waals surface area contributed by atoms with E-state index in [1.54, 1.807) is 41.9 Å². The zero-order valence-electron chi connectivity index (χ0n) is 12.7. The highest BCUT2D eigenvalue weighted by Gasteiger charge is 2.24. The van der Waals surface area contributed by atoms with E-state index in [0.29, 0.717) is 5.56 Å². The number of hydrogen-bond donors (Lipinski definition) is 0. The van der Waals surface area contributed by atoms with Crippen molar-refractivity contribution in [3.63, 3.8) is 0 Å². The molecule has 4 aromatic rings.